The summed E-state index contributed by atoms with van der Waals surface area (Å²) in [7, 11) is 3.18. The van der Waals surface area contributed by atoms with Gasteiger partial charge < -0.3 is 24.1 Å². The molecule has 0 radical (unpaired) electrons. The second-order valence-corrected chi connectivity index (χ2v) is 8.38. The first-order valence-electron chi connectivity index (χ1n) is 10.9. The van der Waals surface area contributed by atoms with E-state index in [1.165, 1.54) is 0 Å². The van der Waals surface area contributed by atoms with Crippen LogP contribution in [-0.4, -0.2) is 55.0 Å². The first-order valence-corrected chi connectivity index (χ1v) is 10.9. The number of methoxy groups -OCH3 is 2. The maximum absolute atomic E-state index is 13.3. The minimum Gasteiger partial charge on any atom is -0.493 e. The lowest BCUT2D eigenvalue weighted by atomic mass is 9.87. The maximum atomic E-state index is 13.3. The first-order chi connectivity index (χ1) is 15.6. The number of aromatic amines is 1. The number of rotatable bonds is 4. The Labute approximate surface area is 186 Å². The monoisotopic (exact) mass is 434 g/mol. The van der Waals surface area contributed by atoms with Crippen LogP contribution in [0.15, 0.2) is 42.5 Å². The van der Waals surface area contributed by atoms with Crippen LogP contribution in [0, 0.1) is 5.92 Å². The molecule has 0 spiro atoms. The molecular weight excluding hydrogens is 408 g/mol. The van der Waals surface area contributed by atoms with Crippen LogP contribution in [0.4, 0.5) is 0 Å². The molecule has 7 heteroatoms. The summed E-state index contributed by atoms with van der Waals surface area (Å²) >= 11 is 0. The van der Waals surface area contributed by atoms with Gasteiger partial charge in [0.1, 0.15) is 17.5 Å². The minimum absolute atomic E-state index is 0.0607. The van der Waals surface area contributed by atoms with Crippen LogP contribution in [0.25, 0.3) is 10.9 Å². The number of H-pyrrole nitrogens is 1. The van der Waals surface area contributed by atoms with Gasteiger partial charge in [-0.05, 0) is 43.2 Å². The summed E-state index contributed by atoms with van der Waals surface area (Å²) in [6.45, 7) is 1.25. The summed E-state index contributed by atoms with van der Waals surface area (Å²) in [5, 5.41) is 0.807. The first kappa shape index (κ1) is 20.4. The van der Waals surface area contributed by atoms with Crippen molar-refractivity contribution in [3.63, 3.8) is 0 Å². The normalized spacial score (nSPS) is 20.6. The zero-order valence-corrected chi connectivity index (χ0v) is 18.2. The van der Waals surface area contributed by atoms with Gasteiger partial charge in [-0.25, -0.2) is 0 Å². The van der Waals surface area contributed by atoms with Gasteiger partial charge in [-0.15, -0.1) is 0 Å². The van der Waals surface area contributed by atoms with E-state index in [2.05, 4.69) is 4.98 Å². The Kier molecular flexibility index (Phi) is 5.25. The molecule has 1 aromatic heterocycles. The summed E-state index contributed by atoms with van der Waals surface area (Å²) in [6.07, 6.45) is 1.96. The highest BCUT2D eigenvalue weighted by Gasteiger charge is 2.36. The molecule has 3 aromatic rings. The van der Waals surface area contributed by atoms with Crippen molar-refractivity contribution in [1.29, 1.82) is 0 Å². The number of carbonyl (C=O) groups is 2. The molecule has 1 saturated heterocycles. The number of para-hydroxylation sites is 1. The lowest BCUT2D eigenvalue weighted by Gasteiger charge is -2.38. The molecule has 0 saturated carbocycles. The summed E-state index contributed by atoms with van der Waals surface area (Å²) in [5.41, 5.74) is 1.98. The van der Waals surface area contributed by atoms with Crippen molar-refractivity contribution in [3.8, 4) is 17.2 Å². The largest absolute Gasteiger partial charge is 0.493 e. The molecule has 1 amide bonds. The molecule has 7 nitrogen and oxygen atoms in total. The molecule has 2 aliphatic rings. The third kappa shape index (κ3) is 3.47. The number of nitrogens with zero attached hydrogens (tertiary/aromatic N) is 1. The highest BCUT2D eigenvalue weighted by Crippen LogP contribution is 2.37. The molecule has 5 rings (SSSR count). The Morgan fingerprint density at radius 2 is 2.00 bits per heavy atom. The van der Waals surface area contributed by atoms with Crippen LogP contribution >= 0.6 is 0 Å². The van der Waals surface area contributed by atoms with Crippen LogP contribution in [0.2, 0.25) is 0 Å². The van der Waals surface area contributed by atoms with Crippen molar-refractivity contribution in [2.75, 3.05) is 27.3 Å². The van der Waals surface area contributed by atoms with Crippen molar-refractivity contribution in [1.82, 2.24) is 9.88 Å². The molecule has 32 heavy (non-hydrogen) atoms. The van der Waals surface area contributed by atoms with Crippen LogP contribution in [-0.2, 0) is 0 Å². The molecule has 1 N–H and O–H groups in total. The standard InChI is InChI=1S/C25H26N2O5/c1-30-22-10-9-18-17(24(22)31-2)12-19(26-18)25(29)27-11-5-6-15(14-27)23-13-20(28)16-7-3-4-8-21(16)32-23/h3-4,7-10,12,15,23,26H,5-6,11,13-14H2,1-2H3/t15-,23+/m0/s1. The Morgan fingerprint density at radius 1 is 1.16 bits per heavy atom. The molecule has 2 atom stereocenters. The summed E-state index contributed by atoms with van der Waals surface area (Å²) in [5.74, 6) is 2.03. The van der Waals surface area contributed by atoms with E-state index in [4.69, 9.17) is 14.2 Å². The number of ketones is 1. The number of aromatic nitrogens is 1. The molecule has 1 fully saturated rings. The van der Waals surface area contributed by atoms with Gasteiger partial charge in [0, 0.05) is 30.8 Å². The molecular formula is C25H26N2O5. The number of amides is 1. The van der Waals surface area contributed by atoms with E-state index in [0.29, 0.717) is 48.0 Å². The molecule has 0 unspecified atom stereocenters. The highest BCUT2D eigenvalue weighted by atomic mass is 16.5. The Bertz CT molecular complexity index is 1180. The molecule has 2 aromatic carbocycles. The smallest absolute Gasteiger partial charge is 0.270 e. The minimum atomic E-state index is -0.208. The van der Waals surface area contributed by atoms with Crippen LogP contribution in [0.5, 0.6) is 17.2 Å². The van der Waals surface area contributed by atoms with E-state index in [1.54, 1.807) is 14.2 Å². The number of benzene rings is 2. The number of nitrogens with one attached hydrogen (secondary N) is 1. The molecule has 3 heterocycles. The Hall–Kier alpha value is -3.48. The molecule has 0 aliphatic carbocycles. The maximum Gasteiger partial charge on any atom is 0.270 e. The van der Waals surface area contributed by atoms with Gasteiger partial charge in [0.25, 0.3) is 5.91 Å². The van der Waals surface area contributed by atoms with E-state index in [9.17, 15) is 9.59 Å². The van der Waals surface area contributed by atoms with Gasteiger partial charge in [-0.3, -0.25) is 9.59 Å². The topological polar surface area (TPSA) is 80.9 Å². The van der Waals surface area contributed by atoms with Crippen LogP contribution < -0.4 is 14.2 Å². The lowest BCUT2D eigenvalue weighted by molar-refractivity contribution is 0.0406. The van der Waals surface area contributed by atoms with Crippen molar-refractivity contribution < 1.29 is 23.8 Å². The number of ether oxygens (including phenoxy) is 3. The van der Waals surface area contributed by atoms with E-state index >= 15 is 0 Å². The number of likely N-dealkylation sites (tertiary alicyclic amines) is 1. The fourth-order valence-corrected chi connectivity index (χ4v) is 4.87. The van der Waals surface area contributed by atoms with E-state index in [0.717, 1.165) is 23.7 Å². The molecule has 166 valence electrons. The number of Topliss-reactive ketones (excluding diaryl/α,β-unsaturated/α-hetero) is 1. The fraction of sp³-hybridized carbons (Fsp3) is 0.360. The van der Waals surface area contributed by atoms with Crippen LogP contribution in [0.1, 0.15) is 40.1 Å². The van der Waals surface area contributed by atoms with Gasteiger partial charge in [-0.1, -0.05) is 12.1 Å². The molecule has 2 aliphatic heterocycles. The number of hydrogen-bond donors (Lipinski definition) is 1. The lowest BCUT2D eigenvalue weighted by Crippen LogP contribution is -2.46. The highest BCUT2D eigenvalue weighted by molar-refractivity contribution is 6.01. The number of hydrogen-bond acceptors (Lipinski definition) is 5. The number of carbonyl (C=O) groups excluding carboxylic acids is 2. The van der Waals surface area contributed by atoms with Gasteiger partial charge in [-0.2, -0.15) is 0 Å². The summed E-state index contributed by atoms with van der Waals surface area (Å²) < 4.78 is 17.1. The predicted molar refractivity (Wildman–Crippen MR) is 120 cm³/mol. The van der Waals surface area contributed by atoms with Crippen LogP contribution in [0.3, 0.4) is 0 Å². The van der Waals surface area contributed by atoms with Crippen molar-refractivity contribution in [2.24, 2.45) is 5.92 Å². The Morgan fingerprint density at radius 3 is 2.81 bits per heavy atom. The Balaban J connectivity index is 1.36. The SMILES string of the molecule is COc1ccc2[nH]c(C(=O)N3CCC[C@H]([C@H]4CC(=O)c5ccccc5O4)C3)cc2c1OC. The summed E-state index contributed by atoms with van der Waals surface area (Å²) in [6, 6.07) is 12.9. The predicted octanol–water partition coefficient (Wildman–Crippen LogP) is 4.07. The third-order valence-electron chi connectivity index (χ3n) is 6.50. The van der Waals surface area contributed by atoms with Crippen molar-refractivity contribution >= 4 is 22.6 Å². The quantitative estimate of drug-likeness (QED) is 0.670. The van der Waals surface area contributed by atoms with E-state index < -0.39 is 0 Å². The zero-order chi connectivity index (χ0) is 22.2. The van der Waals surface area contributed by atoms with Gasteiger partial charge >= 0.3 is 0 Å². The number of fused-ring (bicyclic) bond motifs is 2. The van der Waals surface area contributed by atoms with Gasteiger partial charge in [0.05, 0.1) is 25.3 Å². The molecule has 0 bridgehead atoms. The second kappa shape index (κ2) is 8.22. The average Bonchev–Trinajstić information content (AvgIpc) is 3.27. The zero-order valence-electron chi connectivity index (χ0n) is 18.2. The van der Waals surface area contributed by atoms with Gasteiger partial charge in [0.2, 0.25) is 0 Å². The fourth-order valence-electron chi connectivity index (χ4n) is 4.87. The average molecular weight is 434 g/mol. The number of piperidine rings is 1. The van der Waals surface area contributed by atoms with Gasteiger partial charge in [0.15, 0.2) is 17.3 Å². The van der Waals surface area contributed by atoms with E-state index in [-0.39, 0.29) is 23.7 Å². The summed E-state index contributed by atoms with van der Waals surface area (Å²) in [4.78, 5) is 31.0. The third-order valence-corrected chi connectivity index (χ3v) is 6.50. The second-order valence-electron chi connectivity index (χ2n) is 8.38. The van der Waals surface area contributed by atoms with Crippen molar-refractivity contribution in [3.05, 3.63) is 53.7 Å². The van der Waals surface area contributed by atoms with Crippen molar-refractivity contribution in [2.45, 2.75) is 25.4 Å². The van der Waals surface area contributed by atoms with E-state index in [1.807, 2.05) is 47.4 Å².